The van der Waals surface area contributed by atoms with Crippen molar-refractivity contribution in [2.45, 2.75) is 51.9 Å². The summed E-state index contributed by atoms with van der Waals surface area (Å²) < 4.78 is 18.8. The van der Waals surface area contributed by atoms with Crippen molar-refractivity contribution in [3.63, 3.8) is 0 Å². The van der Waals surface area contributed by atoms with E-state index in [9.17, 15) is 19.1 Å². The molecule has 1 saturated heterocycles. The maximum atomic E-state index is 13.5. The van der Waals surface area contributed by atoms with E-state index in [4.69, 9.17) is 4.74 Å². The van der Waals surface area contributed by atoms with Gasteiger partial charge in [0.1, 0.15) is 11.4 Å². The molecular weight excluding hydrogens is 339 g/mol. The fraction of sp³-hybridized carbons (Fsp3) is 0.579. The normalized spacial score (nSPS) is 21.4. The van der Waals surface area contributed by atoms with Crippen LogP contribution in [0.15, 0.2) is 24.3 Å². The van der Waals surface area contributed by atoms with Gasteiger partial charge in [-0.25, -0.2) is 9.18 Å². The number of nitrogens with zero attached hydrogens (tertiary/aromatic N) is 1. The number of aliphatic hydroxyl groups is 1. The molecule has 2 rings (SSSR count). The number of carbonyl (C=O) groups excluding carboxylic acids is 2. The van der Waals surface area contributed by atoms with Crippen LogP contribution in [0.2, 0.25) is 0 Å². The Kier molecular flexibility index (Phi) is 6.72. The number of carbonyl (C=O) groups is 2. The third-order valence-corrected chi connectivity index (χ3v) is 4.49. The third-order valence-electron chi connectivity index (χ3n) is 4.49. The van der Waals surface area contributed by atoms with Gasteiger partial charge in [-0.2, -0.15) is 0 Å². The number of urea groups is 1. The molecule has 144 valence electrons. The van der Waals surface area contributed by atoms with E-state index in [1.165, 1.54) is 6.07 Å². The smallest absolute Gasteiger partial charge is 0.325 e. The number of benzene rings is 1. The van der Waals surface area contributed by atoms with Gasteiger partial charge in [-0.05, 0) is 31.7 Å². The van der Waals surface area contributed by atoms with E-state index < -0.39 is 17.7 Å². The van der Waals surface area contributed by atoms with Crippen LogP contribution in [0, 0.1) is 11.7 Å². The van der Waals surface area contributed by atoms with E-state index in [1.807, 2.05) is 0 Å². The highest BCUT2D eigenvalue weighted by molar-refractivity contribution is 6.06. The molecule has 0 aromatic heterocycles. The molecule has 1 aromatic carbocycles. The molecule has 1 heterocycles. The molecule has 3 amide bonds. The van der Waals surface area contributed by atoms with Crippen LogP contribution in [-0.2, 0) is 16.1 Å². The highest BCUT2D eigenvalue weighted by Crippen LogP contribution is 2.24. The molecule has 0 aliphatic carbocycles. The van der Waals surface area contributed by atoms with Crippen LogP contribution < -0.4 is 5.32 Å². The Balaban J connectivity index is 1.84. The Morgan fingerprint density at radius 3 is 2.65 bits per heavy atom. The minimum Gasteiger partial charge on any atom is -0.389 e. The van der Waals surface area contributed by atoms with Crippen molar-refractivity contribution in [2.24, 2.45) is 5.92 Å². The zero-order chi connectivity index (χ0) is 19.3. The fourth-order valence-electron chi connectivity index (χ4n) is 2.84. The number of hydrogen-bond acceptors (Lipinski definition) is 4. The van der Waals surface area contributed by atoms with Gasteiger partial charge in [-0.1, -0.05) is 32.0 Å². The quantitative estimate of drug-likeness (QED) is 0.658. The molecule has 0 unspecified atom stereocenters. The predicted molar refractivity (Wildman–Crippen MR) is 94.8 cm³/mol. The third kappa shape index (κ3) is 5.02. The number of ether oxygens (including phenoxy) is 1. The van der Waals surface area contributed by atoms with Gasteiger partial charge in [-0.15, -0.1) is 0 Å². The summed E-state index contributed by atoms with van der Waals surface area (Å²) >= 11 is 0. The molecule has 1 aliphatic rings. The molecule has 2 N–H and O–H groups in total. The molecule has 2 atom stereocenters. The van der Waals surface area contributed by atoms with E-state index in [1.54, 1.807) is 25.1 Å². The summed E-state index contributed by atoms with van der Waals surface area (Å²) in [6, 6.07) is 5.71. The Morgan fingerprint density at radius 2 is 2.00 bits per heavy atom. The van der Waals surface area contributed by atoms with Crippen LogP contribution in [0.3, 0.4) is 0 Å². The van der Waals surface area contributed by atoms with Gasteiger partial charge in [0.15, 0.2) is 0 Å². The monoisotopic (exact) mass is 366 g/mol. The van der Waals surface area contributed by atoms with Crippen molar-refractivity contribution in [3.05, 3.63) is 35.6 Å². The van der Waals surface area contributed by atoms with E-state index in [0.717, 1.165) is 11.3 Å². The first kappa shape index (κ1) is 20.3. The van der Waals surface area contributed by atoms with Crippen LogP contribution in [0.5, 0.6) is 0 Å². The van der Waals surface area contributed by atoms with Gasteiger partial charge in [0.25, 0.3) is 5.91 Å². The summed E-state index contributed by atoms with van der Waals surface area (Å²) in [5, 5.41) is 12.8. The molecule has 6 nitrogen and oxygen atoms in total. The van der Waals surface area contributed by atoms with E-state index in [-0.39, 0.29) is 31.5 Å². The first-order valence-electron chi connectivity index (χ1n) is 8.86. The van der Waals surface area contributed by atoms with Gasteiger partial charge in [-0.3, -0.25) is 9.69 Å². The number of halogens is 1. The lowest BCUT2D eigenvalue weighted by atomic mass is 9.92. The highest BCUT2D eigenvalue weighted by atomic mass is 19.1. The fourth-order valence-corrected chi connectivity index (χ4v) is 2.84. The number of nitrogens with one attached hydrogen (secondary N) is 1. The maximum Gasteiger partial charge on any atom is 0.325 e. The molecule has 1 fully saturated rings. The molecule has 1 aromatic rings. The molecule has 0 bridgehead atoms. The number of amides is 3. The molecule has 7 heteroatoms. The second-order valence-corrected chi connectivity index (χ2v) is 7.37. The van der Waals surface area contributed by atoms with Crippen molar-refractivity contribution in [3.8, 4) is 0 Å². The summed E-state index contributed by atoms with van der Waals surface area (Å²) in [6.45, 7) is 5.57. The van der Waals surface area contributed by atoms with E-state index >= 15 is 0 Å². The number of imide groups is 1. The molecule has 0 spiro atoms. The lowest BCUT2D eigenvalue weighted by Crippen LogP contribution is -2.45. The van der Waals surface area contributed by atoms with Crippen molar-refractivity contribution in [2.75, 3.05) is 13.2 Å². The summed E-state index contributed by atoms with van der Waals surface area (Å²) in [6.07, 6.45) is 0.319. The number of hydrogen-bond donors (Lipinski definition) is 2. The lowest BCUT2D eigenvalue weighted by Gasteiger charge is -2.23. The predicted octanol–water partition coefficient (Wildman–Crippen LogP) is 2.45. The largest absolute Gasteiger partial charge is 0.389 e. The number of aliphatic hydroxyl groups excluding tert-OH is 1. The van der Waals surface area contributed by atoms with E-state index in [0.29, 0.717) is 17.9 Å². The van der Waals surface area contributed by atoms with Crippen LogP contribution in [0.25, 0.3) is 0 Å². The SMILES string of the molecule is CC(C)CC[C@@]1(C)NC(=O)N(C[C@H](O)COCc2ccccc2F)C1=O. The average molecular weight is 366 g/mol. The van der Waals surface area contributed by atoms with Gasteiger partial charge in [0, 0.05) is 5.56 Å². The van der Waals surface area contributed by atoms with Crippen LogP contribution in [0.1, 0.15) is 39.2 Å². The van der Waals surface area contributed by atoms with Gasteiger partial charge in [0.2, 0.25) is 0 Å². The van der Waals surface area contributed by atoms with Crippen LogP contribution >= 0.6 is 0 Å². The van der Waals surface area contributed by atoms with Gasteiger partial charge in [0.05, 0.1) is 25.9 Å². The van der Waals surface area contributed by atoms with E-state index in [2.05, 4.69) is 19.2 Å². The molecule has 26 heavy (non-hydrogen) atoms. The Hall–Kier alpha value is -1.99. The Bertz CT molecular complexity index is 652. The zero-order valence-electron chi connectivity index (χ0n) is 15.5. The lowest BCUT2D eigenvalue weighted by molar-refractivity contribution is -0.132. The first-order valence-corrected chi connectivity index (χ1v) is 8.86. The van der Waals surface area contributed by atoms with Crippen molar-refractivity contribution >= 4 is 11.9 Å². The first-order chi connectivity index (χ1) is 12.2. The summed E-state index contributed by atoms with van der Waals surface area (Å²) in [7, 11) is 0. The second kappa shape index (κ2) is 8.60. The summed E-state index contributed by atoms with van der Waals surface area (Å²) in [5.74, 6) is -0.295. The van der Waals surface area contributed by atoms with Crippen molar-refractivity contribution in [1.82, 2.24) is 10.2 Å². The molecule has 0 saturated carbocycles. The molecule has 0 radical (unpaired) electrons. The minimum atomic E-state index is -1.04. The van der Waals surface area contributed by atoms with Crippen molar-refractivity contribution in [1.29, 1.82) is 0 Å². The van der Waals surface area contributed by atoms with Crippen LogP contribution in [0.4, 0.5) is 9.18 Å². The molecule has 1 aliphatic heterocycles. The summed E-state index contributed by atoms with van der Waals surface area (Å²) in [4.78, 5) is 25.7. The van der Waals surface area contributed by atoms with Crippen LogP contribution in [-0.4, -0.2) is 46.7 Å². The zero-order valence-corrected chi connectivity index (χ0v) is 15.5. The molecular formula is C19H27FN2O4. The highest BCUT2D eigenvalue weighted by Gasteiger charge is 2.47. The van der Waals surface area contributed by atoms with Crippen molar-refractivity contribution < 1.29 is 23.8 Å². The maximum absolute atomic E-state index is 13.5. The standard InChI is InChI=1S/C19H27FN2O4/c1-13(2)8-9-19(3)17(24)22(18(25)21-19)10-15(23)12-26-11-14-6-4-5-7-16(14)20/h4-7,13,15,23H,8-12H2,1-3H3,(H,21,25)/t15-,19+/m0/s1. The number of rotatable bonds is 9. The number of β-amino-alcohol motifs (C(OH)–C–C–N with tert-alkyl or cyclic N) is 1. The minimum absolute atomic E-state index is 0.00990. The summed E-state index contributed by atoms with van der Waals surface area (Å²) in [5.41, 5.74) is -0.550. The Labute approximate surface area is 153 Å². The Morgan fingerprint density at radius 1 is 1.31 bits per heavy atom. The van der Waals surface area contributed by atoms with Gasteiger partial charge < -0.3 is 15.2 Å². The average Bonchev–Trinajstić information content (AvgIpc) is 2.79. The topological polar surface area (TPSA) is 78.9 Å². The second-order valence-electron chi connectivity index (χ2n) is 7.37. The van der Waals surface area contributed by atoms with Gasteiger partial charge >= 0.3 is 6.03 Å².